The number of carbonyl (C=O) groups is 3. The number of unbranched alkanes of at least 4 members (excludes halogenated alkanes) is 1. The van der Waals surface area contributed by atoms with E-state index in [4.69, 9.17) is 9.47 Å². The molecule has 0 bridgehead atoms. The number of anilines is 1. The molecule has 1 N–H and O–H groups in total. The summed E-state index contributed by atoms with van der Waals surface area (Å²) in [5, 5.41) is 2.64. The zero-order valence-corrected chi connectivity index (χ0v) is 19.1. The Kier molecular flexibility index (Phi) is 8.02. The molecule has 0 radical (unpaired) electrons. The van der Waals surface area contributed by atoms with Crippen LogP contribution in [0.1, 0.15) is 51.9 Å². The van der Waals surface area contributed by atoms with Crippen LogP contribution in [0, 0.1) is 13.8 Å². The molecule has 0 spiro atoms. The van der Waals surface area contributed by atoms with Gasteiger partial charge in [0, 0.05) is 22.8 Å². The van der Waals surface area contributed by atoms with Crippen LogP contribution < -0.4 is 5.32 Å². The molecule has 33 heavy (non-hydrogen) atoms. The van der Waals surface area contributed by atoms with Gasteiger partial charge in [-0.25, -0.2) is 9.59 Å². The lowest BCUT2D eigenvalue weighted by molar-refractivity contribution is -0.119. The predicted octanol–water partition coefficient (Wildman–Crippen LogP) is 4.85. The van der Waals surface area contributed by atoms with Gasteiger partial charge in [0.05, 0.1) is 17.7 Å². The summed E-state index contributed by atoms with van der Waals surface area (Å²) in [6, 6.07) is 17.4. The van der Waals surface area contributed by atoms with Crippen molar-refractivity contribution in [2.45, 2.75) is 33.6 Å². The van der Waals surface area contributed by atoms with Crippen molar-refractivity contribution in [2.24, 2.45) is 0 Å². The number of rotatable bonds is 9. The summed E-state index contributed by atoms with van der Waals surface area (Å²) in [7, 11) is 0. The molecule has 1 amide bonds. The summed E-state index contributed by atoms with van der Waals surface area (Å²) in [6.45, 7) is 6.01. The molecule has 0 atom stereocenters. The van der Waals surface area contributed by atoms with Crippen LogP contribution in [0.15, 0.2) is 60.7 Å². The zero-order chi connectivity index (χ0) is 23.8. The van der Waals surface area contributed by atoms with Crippen LogP contribution in [-0.4, -0.2) is 35.6 Å². The molecule has 0 aliphatic rings. The van der Waals surface area contributed by atoms with E-state index in [-0.39, 0.29) is 0 Å². The van der Waals surface area contributed by atoms with Gasteiger partial charge in [-0.3, -0.25) is 4.79 Å². The standard InChI is InChI=1S/C26H28N2O5/c1-4-5-16-32-25(30)20-8-12-22(13-9-20)27-24(29)17-33-26(31)21-10-14-23(15-11-21)28-18(2)6-7-19(28)3/h6-15H,4-5,16-17H2,1-3H3,(H,27,29). The van der Waals surface area contributed by atoms with E-state index in [0.29, 0.717) is 23.4 Å². The molecule has 0 aliphatic heterocycles. The van der Waals surface area contributed by atoms with Gasteiger partial charge in [0.1, 0.15) is 0 Å². The smallest absolute Gasteiger partial charge is 0.338 e. The van der Waals surface area contributed by atoms with Crippen LogP contribution >= 0.6 is 0 Å². The van der Waals surface area contributed by atoms with Crippen molar-refractivity contribution >= 4 is 23.5 Å². The maximum atomic E-state index is 12.3. The minimum atomic E-state index is -0.581. The van der Waals surface area contributed by atoms with Crippen molar-refractivity contribution in [1.82, 2.24) is 4.57 Å². The monoisotopic (exact) mass is 448 g/mol. The minimum Gasteiger partial charge on any atom is -0.462 e. The zero-order valence-electron chi connectivity index (χ0n) is 19.1. The largest absolute Gasteiger partial charge is 0.462 e. The van der Waals surface area contributed by atoms with Crippen molar-refractivity contribution in [2.75, 3.05) is 18.5 Å². The molecule has 0 aliphatic carbocycles. The molecule has 0 saturated heterocycles. The summed E-state index contributed by atoms with van der Waals surface area (Å²) in [6.07, 6.45) is 1.76. The lowest BCUT2D eigenvalue weighted by Crippen LogP contribution is -2.21. The third-order valence-electron chi connectivity index (χ3n) is 5.10. The van der Waals surface area contributed by atoms with Crippen molar-refractivity contribution in [1.29, 1.82) is 0 Å². The highest BCUT2D eigenvalue weighted by atomic mass is 16.5. The van der Waals surface area contributed by atoms with Gasteiger partial charge in [0.2, 0.25) is 0 Å². The van der Waals surface area contributed by atoms with Crippen molar-refractivity contribution in [3.8, 4) is 5.69 Å². The Hall–Kier alpha value is -3.87. The first-order chi connectivity index (χ1) is 15.9. The number of nitrogens with zero attached hydrogens (tertiary/aromatic N) is 1. The Morgan fingerprint density at radius 2 is 1.33 bits per heavy atom. The molecule has 1 aromatic heterocycles. The summed E-state index contributed by atoms with van der Waals surface area (Å²) < 4.78 is 12.4. The first kappa shape index (κ1) is 23.8. The Morgan fingerprint density at radius 1 is 0.788 bits per heavy atom. The summed E-state index contributed by atoms with van der Waals surface area (Å²) in [4.78, 5) is 36.4. The molecule has 0 saturated carbocycles. The van der Waals surface area contributed by atoms with Crippen molar-refractivity contribution in [3.05, 3.63) is 83.2 Å². The Balaban J connectivity index is 1.49. The molecule has 1 heterocycles. The lowest BCUT2D eigenvalue weighted by atomic mass is 10.2. The van der Waals surface area contributed by atoms with Crippen LogP contribution in [0.3, 0.4) is 0 Å². The number of ether oxygens (including phenoxy) is 2. The number of esters is 2. The third-order valence-corrected chi connectivity index (χ3v) is 5.10. The van der Waals surface area contributed by atoms with Gasteiger partial charge in [0.25, 0.3) is 5.91 Å². The van der Waals surface area contributed by atoms with Gasteiger partial charge in [-0.1, -0.05) is 13.3 Å². The number of aromatic nitrogens is 1. The quantitative estimate of drug-likeness (QED) is 0.374. The molecular weight excluding hydrogens is 420 g/mol. The Morgan fingerprint density at radius 3 is 1.91 bits per heavy atom. The molecule has 0 fully saturated rings. The first-order valence-electron chi connectivity index (χ1n) is 10.9. The van der Waals surface area contributed by atoms with E-state index < -0.39 is 24.5 Å². The maximum absolute atomic E-state index is 12.3. The first-order valence-corrected chi connectivity index (χ1v) is 10.9. The maximum Gasteiger partial charge on any atom is 0.338 e. The number of hydrogen-bond donors (Lipinski definition) is 1. The van der Waals surface area contributed by atoms with Gasteiger partial charge in [0.15, 0.2) is 6.61 Å². The second kappa shape index (κ2) is 11.1. The third kappa shape index (κ3) is 6.32. The van der Waals surface area contributed by atoms with E-state index in [9.17, 15) is 14.4 Å². The second-order valence-electron chi connectivity index (χ2n) is 7.69. The van der Waals surface area contributed by atoms with E-state index in [1.165, 1.54) is 0 Å². The lowest BCUT2D eigenvalue weighted by Gasteiger charge is -2.10. The molecule has 0 unspecified atom stereocenters. The molecule has 2 aromatic carbocycles. The Labute approximate surface area is 193 Å². The predicted molar refractivity (Wildman–Crippen MR) is 126 cm³/mol. The second-order valence-corrected chi connectivity index (χ2v) is 7.69. The average molecular weight is 449 g/mol. The average Bonchev–Trinajstić information content (AvgIpc) is 3.16. The van der Waals surface area contributed by atoms with E-state index in [1.807, 2.05) is 45.0 Å². The Bertz CT molecular complexity index is 1100. The SMILES string of the molecule is CCCCOC(=O)c1ccc(NC(=O)COC(=O)c2ccc(-n3c(C)ccc3C)cc2)cc1. The number of nitrogens with one attached hydrogen (secondary N) is 1. The highest BCUT2D eigenvalue weighted by Crippen LogP contribution is 2.17. The summed E-state index contributed by atoms with van der Waals surface area (Å²) in [5.41, 5.74) is 4.40. The molecular formula is C26H28N2O5. The number of benzene rings is 2. The van der Waals surface area contributed by atoms with Crippen LogP contribution in [0.5, 0.6) is 0 Å². The number of hydrogen-bond acceptors (Lipinski definition) is 5. The van der Waals surface area contributed by atoms with Gasteiger partial charge in [-0.15, -0.1) is 0 Å². The van der Waals surface area contributed by atoms with Gasteiger partial charge in [-0.05, 0) is 80.9 Å². The van der Waals surface area contributed by atoms with Crippen LogP contribution in [0.25, 0.3) is 5.69 Å². The van der Waals surface area contributed by atoms with Gasteiger partial charge >= 0.3 is 11.9 Å². The topological polar surface area (TPSA) is 86.6 Å². The van der Waals surface area contributed by atoms with Crippen LogP contribution in [0.2, 0.25) is 0 Å². The molecule has 3 rings (SSSR count). The molecule has 3 aromatic rings. The fourth-order valence-electron chi connectivity index (χ4n) is 3.32. The van der Waals surface area contributed by atoms with Gasteiger partial charge in [-0.2, -0.15) is 0 Å². The van der Waals surface area contributed by atoms with Crippen LogP contribution in [0.4, 0.5) is 5.69 Å². The van der Waals surface area contributed by atoms with Crippen molar-refractivity contribution in [3.63, 3.8) is 0 Å². The molecule has 7 nitrogen and oxygen atoms in total. The molecule has 172 valence electrons. The minimum absolute atomic E-state index is 0.361. The normalized spacial score (nSPS) is 10.5. The number of aryl methyl sites for hydroxylation is 2. The fourth-order valence-corrected chi connectivity index (χ4v) is 3.32. The highest BCUT2D eigenvalue weighted by molar-refractivity contribution is 5.96. The highest BCUT2D eigenvalue weighted by Gasteiger charge is 2.12. The number of amides is 1. The number of carbonyl (C=O) groups excluding carboxylic acids is 3. The van der Waals surface area contributed by atoms with E-state index >= 15 is 0 Å². The van der Waals surface area contributed by atoms with E-state index in [0.717, 1.165) is 29.9 Å². The fraction of sp³-hybridized carbons (Fsp3) is 0.269. The molecule has 7 heteroatoms. The van der Waals surface area contributed by atoms with E-state index in [2.05, 4.69) is 9.88 Å². The summed E-state index contributed by atoms with van der Waals surface area (Å²) >= 11 is 0. The van der Waals surface area contributed by atoms with Crippen molar-refractivity contribution < 1.29 is 23.9 Å². The van der Waals surface area contributed by atoms with Gasteiger partial charge < -0.3 is 19.4 Å². The van der Waals surface area contributed by atoms with Crippen LogP contribution in [-0.2, 0) is 14.3 Å². The summed E-state index contributed by atoms with van der Waals surface area (Å²) in [5.74, 6) is -1.46. The van der Waals surface area contributed by atoms with E-state index in [1.54, 1.807) is 36.4 Å².